The second-order valence-corrected chi connectivity index (χ2v) is 5.42. The fraction of sp³-hybridized carbons (Fsp3) is 0.444. The van der Waals surface area contributed by atoms with Gasteiger partial charge in [0.05, 0.1) is 6.20 Å². The summed E-state index contributed by atoms with van der Waals surface area (Å²) in [5.74, 6) is 0.282. The number of carbonyl (C=O) groups excluding carboxylic acids is 1. The monoisotopic (exact) mass is 258 g/mol. The van der Waals surface area contributed by atoms with E-state index < -0.39 is 0 Å². The van der Waals surface area contributed by atoms with E-state index in [4.69, 9.17) is 17.3 Å². The minimum Gasteiger partial charge on any atom is -0.385 e. The highest BCUT2D eigenvalue weighted by atomic mass is 35.5. The van der Waals surface area contributed by atoms with Crippen LogP contribution in [0.2, 0.25) is 4.34 Å². The van der Waals surface area contributed by atoms with Gasteiger partial charge in [-0.2, -0.15) is 4.99 Å². The van der Waals surface area contributed by atoms with Gasteiger partial charge in [0.1, 0.15) is 21.2 Å². The second-order valence-electron chi connectivity index (χ2n) is 3.73. The van der Waals surface area contributed by atoms with Crippen molar-refractivity contribution in [2.24, 2.45) is 10.7 Å². The fourth-order valence-electron chi connectivity index (χ4n) is 1.64. The maximum Gasteiger partial charge on any atom is 0.346 e. The highest BCUT2D eigenvalue weighted by Gasteiger charge is 2.38. The Balaban J connectivity index is 2.38. The van der Waals surface area contributed by atoms with E-state index in [1.807, 2.05) is 13.8 Å². The van der Waals surface area contributed by atoms with Gasteiger partial charge in [-0.3, -0.25) is 0 Å². The number of hydrogen-bond acceptors (Lipinski definition) is 4. The summed E-state index contributed by atoms with van der Waals surface area (Å²) in [7, 11) is 0. The molecule has 1 aliphatic rings. The molecule has 0 saturated heterocycles. The Morgan fingerprint density at radius 1 is 1.62 bits per heavy atom. The normalized spacial score (nSPS) is 20.8. The van der Waals surface area contributed by atoms with Crippen LogP contribution in [-0.2, 0) is 0 Å². The summed E-state index contributed by atoms with van der Waals surface area (Å²) in [4.78, 5) is 21.1. The number of rotatable bonds is 2. The molecule has 7 heteroatoms. The number of thiazole rings is 1. The summed E-state index contributed by atoms with van der Waals surface area (Å²) in [6, 6.07) is -0.668. The highest BCUT2D eigenvalue weighted by molar-refractivity contribution is 7.16. The first kappa shape index (κ1) is 11.3. The van der Waals surface area contributed by atoms with Gasteiger partial charge in [-0.1, -0.05) is 11.6 Å². The molecule has 0 saturated carbocycles. The lowest BCUT2D eigenvalue weighted by Gasteiger charge is -2.26. The smallest absolute Gasteiger partial charge is 0.346 e. The van der Waals surface area contributed by atoms with Crippen LogP contribution in [0.1, 0.15) is 24.9 Å². The molecule has 1 aliphatic heterocycles. The number of aliphatic imine (C=N–C) groups is 1. The topological polar surface area (TPSA) is 71.6 Å². The number of amidine groups is 1. The molecule has 2 N–H and O–H groups in total. The summed E-state index contributed by atoms with van der Waals surface area (Å²) in [6.45, 7) is 3.82. The molecular formula is C9H11ClN4OS. The van der Waals surface area contributed by atoms with Crippen LogP contribution in [0.25, 0.3) is 0 Å². The van der Waals surface area contributed by atoms with E-state index in [1.165, 1.54) is 11.3 Å². The van der Waals surface area contributed by atoms with Gasteiger partial charge < -0.3 is 10.6 Å². The molecular weight excluding hydrogens is 248 g/mol. The predicted octanol–water partition coefficient (Wildman–Crippen LogP) is 2.04. The van der Waals surface area contributed by atoms with Crippen LogP contribution in [0, 0.1) is 0 Å². The number of carbonyl (C=O) groups is 1. The third-order valence-corrected chi connectivity index (χ3v) is 3.46. The molecule has 0 radical (unpaired) electrons. The Morgan fingerprint density at radius 3 is 2.81 bits per heavy atom. The first-order valence-electron chi connectivity index (χ1n) is 4.78. The molecule has 1 atom stereocenters. The van der Waals surface area contributed by atoms with Crippen molar-refractivity contribution in [3.8, 4) is 0 Å². The first-order chi connectivity index (χ1) is 7.50. The van der Waals surface area contributed by atoms with E-state index in [1.54, 1.807) is 11.1 Å². The summed E-state index contributed by atoms with van der Waals surface area (Å²) >= 11 is 7.13. The lowest BCUT2D eigenvalue weighted by atomic mass is 10.2. The summed E-state index contributed by atoms with van der Waals surface area (Å²) in [6.07, 6.45) is 1.55. The van der Waals surface area contributed by atoms with Crippen LogP contribution in [-0.4, -0.2) is 27.8 Å². The van der Waals surface area contributed by atoms with Gasteiger partial charge in [0.25, 0.3) is 0 Å². The summed E-state index contributed by atoms with van der Waals surface area (Å²) in [5, 5.41) is 0.700. The summed E-state index contributed by atoms with van der Waals surface area (Å²) in [5.41, 5.74) is 5.75. The maximum absolute atomic E-state index is 11.6. The molecule has 1 aromatic heterocycles. The number of urea groups is 1. The van der Waals surface area contributed by atoms with Crippen molar-refractivity contribution >= 4 is 34.8 Å². The number of amides is 2. The quantitative estimate of drug-likeness (QED) is 0.882. The van der Waals surface area contributed by atoms with Crippen LogP contribution in [0.5, 0.6) is 0 Å². The average Bonchev–Trinajstić information content (AvgIpc) is 2.69. The van der Waals surface area contributed by atoms with Crippen molar-refractivity contribution in [2.75, 3.05) is 0 Å². The molecule has 2 rings (SSSR count). The van der Waals surface area contributed by atoms with Crippen LogP contribution < -0.4 is 5.73 Å². The Morgan fingerprint density at radius 2 is 2.31 bits per heavy atom. The molecule has 5 nitrogen and oxygen atoms in total. The van der Waals surface area contributed by atoms with Gasteiger partial charge in [0.15, 0.2) is 0 Å². The van der Waals surface area contributed by atoms with E-state index in [-0.39, 0.29) is 24.0 Å². The summed E-state index contributed by atoms with van der Waals surface area (Å²) < 4.78 is 0.575. The lowest BCUT2D eigenvalue weighted by molar-refractivity contribution is 0.190. The van der Waals surface area contributed by atoms with Crippen molar-refractivity contribution in [3.63, 3.8) is 0 Å². The molecule has 86 valence electrons. The SMILES string of the molecule is CC(C)N1C(=O)N=C(N)C1c1ncc(Cl)s1. The minimum atomic E-state index is -0.370. The highest BCUT2D eigenvalue weighted by Crippen LogP contribution is 2.32. The molecule has 0 spiro atoms. The van der Waals surface area contributed by atoms with Crippen molar-refractivity contribution < 1.29 is 4.79 Å². The average molecular weight is 259 g/mol. The van der Waals surface area contributed by atoms with Crippen LogP contribution in [0.4, 0.5) is 4.79 Å². The molecule has 0 bridgehead atoms. The zero-order valence-corrected chi connectivity index (χ0v) is 10.4. The van der Waals surface area contributed by atoms with Crippen molar-refractivity contribution in [2.45, 2.75) is 25.9 Å². The Kier molecular flexibility index (Phi) is 2.86. The zero-order valence-electron chi connectivity index (χ0n) is 8.85. The Hall–Kier alpha value is -1.14. The van der Waals surface area contributed by atoms with Gasteiger partial charge in [-0.25, -0.2) is 9.78 Å². The lowest BCUT2D eigenvalue weighted by Crippen LogP contribution is -2.38. The van der Waals surface area contributed by atoms with Gasteiger partial charge in [-0.15, -0.1) is 11.3 Å². The van der Waals surface area contributed by atoms with E-state index in [9.17, 15) is 4.79 Å². The maximum atomic E-state index is 11.6. The van der Waals surface area contributed by atoms with Gasteiger partial charge >= 0.3 is 6.03 Å². The zero-order chi connectivity index (χ0) is 11.9. The first-order valence-corrected chi connectivity index (χ1v) is 5.97. The Bertz CT molecular complexity index is 456. The fourth-order valence-corrected chi connectivity index (χ4v) is 2.68. The molecule has 0 fully saturated rings. The predicted molar refractivity (Wildman–Crippen MR) is 63.9 cm³/mol. The third-order valence-electron chi connectivity index (χ3n) is 2.29. The van der Waals surface area contributed by atoms with Crippen LogP contribution >= 0.6 is 22.9 Å². The van der Waals surface area contributed by atoms with Crippen molar-refractivity contribution in [3.05, 3.63) is 15.5 Å². The van der Waals surface area contributed by atoms with Gasteiger partial charge in [0, 0.05) is 6.04 Å². The van der Waals surface area contributed by atoms with Crippen LogP contribution in [0.3, 0.4) is 0 Å². The number of halogens is 1. The molecule has 2 amide bonds. The van der Waals surface area contributed by atoms with E-state index in [0.29, 0.717) is 9.34 Å². The Labute approximate surface area is 102 Å². The van der Waals surface area contributed by atoms with E-state index in [2.05, 4.69) is 9.98 Å². The molecule has 1 unspecified atom stereocenters. The second kappa shape index (κ2) is 4.03. The number of hydrogen-bond donors (Lipinski definition) is 1. The molecule has 2 heterocycles. The molecule has 16 heavy (non-hydrogen) atoms. The number of nitrogens with zero attached hydrogens (tertiary/aromatic N) is 3. The number of aromatic nitrogens is 1. The van der Waals surface area contributed by atoms with Crippen LogP contribution in [0.15, 0.2) is 11.2 Å². The van der Waals surface area contributed by atoms with E-state index in [0.717, 1.165) is 0 Å². The minimum absolute atomic E-state index is 0.0185. The van der Waals surface area contributed by atoms with Crippen molar-refractivity contribution in [1.82, 2.24) is 9.88 Å². The molecule has 1 aromatic rings. The van der Waals surface area contributed by atoms with Crippen molar-refractivity contribution in [1.29, 1.82) is 0 Å². The number of nitrogens with two attached hydrogens (primary N) is 1. The van der Waals surface area contributed by atoms with E-state index >= 15 is 0 Å². The van der Waals surface area contributed by atoms with Gasteiger partial charge in [-0.05, 0) is 13.8 Å². The third kappa shape index (κ3) is 1.78. The standard InChI is InChI=1S/C9H11ClN4OS/c1-4(2)14-6(7(11)13-9(14)15)8-12-3-5(10)16-8/h3-4,6H,1-2H3,(H2,11,13,15). The van der Waals surface area contributed by atoms with Gasteiger partial charge in [0.2, 0.25) is 0 Å². The molecule has 0 aromatic carbocycles. The molecule has 0 aliphatic carbocycles. The largest absolute Gasteiger partial charge is 0.385 e.